The predicted molar refractivity (Wildman–Crippen MR) is 64.9 cm³/mol. The van der Waals surface area contributed by atoms with Crippen LogP contribution in [0.5, 0.6) is 0 Å². The summed E-state index contributed by atoms with van der Waals surface area (Å²) in [6.07, 6.45) is 5.93. The minimum atomic E-state index is -0.157. The van der Waals surface area contributed by atoms with Gasteiger partial charge in [0.25, 0.3) is 0 Å². The maximum absolute atomic E-state index is 9.97. The number of hydrogen-bond donors (Lipinski definition) is 2. The van der Waals surface area contributed by atoms with Gasteiger partial charge in [-0.1, -0.05) is 33.6 Å². The van der Waals surface area contributed by atoms with E-state index >= 15 is 0 Å². The molecule has 0 saturated heterocycles. The van der Waals surface area contributed by atoms with Gasteiger partial charge in [-0.3, -0.25) is 0 Å². The van der Waals surface area contributed by atoms with Gasteiger partial charge < -0.3 is 10.4 Å². The number of aliphatic hydroxyl groups is 1. The van der Waals surface area contributed by atoms with Gasteiger partial charge >= 0.3 is 0 Å². The smallest absolute Gasteiger partial charge is 0.0692 e. The average molecular weight is 213 g/mol. The monoisotopic (exact) mass is 213 g/mol. The summed E-state index contributed by atoms with van der Waals surface area (Å²) < 4.78 is 0. The van der Waals surface area contributed by atoms with Crippen LogP contribution in [0, 0.1) is 11.8 Å². The molecule has 1 rings (SSSR count). The molecule has 0 aromatic carbocycles. The second-order valence-electron chi connectivity index (χ2n) is 5.17. The molecule has 3 unspecified atom stereocenters. The van der Waals surface area contributed by atoms with Crippen LogP contribution in [0.1, 0.15) is 52.9 Å². The summed E-state index contributed by atoms with van der Waals surface area (Å²) in [4.78, 5) is 0. The Balaban J connectivity index is 2.18. The van der Waals surface area contributed by atoms with Crippen molar-refractivity contribution in [2.45, 2.75) is 65.0 Å². The molecule has 0 amide bonds. The Morgan fingerprint density at radius 3 is 2.40 bits per heavy atom. The third-order valence-electron chi connectivity index (χ3n) is 3.90. The lowest BCUT2D eigenvalue weighted by atomic mass is 9.96. The van der Waals surface area contributed by atoms with Crippen molar-refractivity contribution < 1.29 is 5.11 Å². The summed E-state index contributed by atoms with van der Waals surface area (Å²) in [5.41, 5.74) is 0. The summed E-state index contributed by atoms with van der Waals surface area (Å²) in [5, 5.41) is 13.5. The Morgan fingerprint density at radius 1 is 1.27 bits per heavy atom. The van der Waals surface area contributed by atoms with Gasteiger partial charge in [0.15, 0.2) is 0 Å². The van der Waals surface area contributed by atoms with Crippen molar-refractivity contribution in [3.63, 3.8) is 0 Å². The number of aliphatic hydroxyl groups excluding tert-OH is 1. The van der Waals surface area contributed by atoms with Crippen LogP contribution in [-0.4, -0.2) is 23.8 Å². The maximum atomic E-state index is 9.97. The number of rotatable bonds is 6. The Kier molecular flexibility index (Phi) is 5.62. The van der Waals surface area contributed by atoms with E-state index < -0.39 is 0 Å². The third kappa shape index (κ3) is 4.12. The molecule has 0 aromatic heterocycles. The minimum Gasteiger partial charge on any atom is -0.392 e. The molecule has 2 N–H and O–H groups in total. The fourth-order valence-electron chi connectivity index (χ4n) is 2.68. The molecule has 0 radical (unpaired) electrons. The van der Waals surface area contributed by atoms with Gasteiger partial charge in [-0.25, -0.2) is 0 Å². The topological polar surface area (TPSA) is 32.3 Å². The number of nitrogens with one attached hydrogen (secondary N) is 1. The van der Waals surface area contributed by atoms with Gasteiger partial charge in [-0.2, -0.15) is 0 Å². The van der Waals surface area contributed by atoms with E-state index in [0.717, 1.165) is 25.3 Å². The summed E-state index contributed by atoms with van der Waals surface area (Å²) >= 11 is 0. The quantitative estimate of drug-likeness (QED) is 0.711. The molecule has 90 valence electrons. The molecule has 1 saturated carbocycles. The summed E-state index contributed by atoms with van der Waals surface area (Å²) in [5.74, 6) is 1.34. The molecule has 0 heterocycles. The van der Waals surface area contributed by atoms with Crippen molar-refractivity contribution in [3.8, 4) is 0 Å². The van der Waals surface area contributed by atoms with Crippen molar-refractivity contribution in [2.75, 3.05) is 6.54 Å². The van der Waals surface area contributed by atoms with Gasteiger partial charge in [-0.05, 0) is 31.1 Å². The average Bonchev–Trinajstić information content (AvgIpc) is 2.63. The minimum absolute atomic E-state index is 0.157. The van der Waals surface area contributed by atoms with Crippen molar-refractivity contribution in [3.05, 3.63) is 0 Å². The first-order valence-corrected chi connectivity index (χ1v) is 6.58. The Hall–Kier alpha value is -0.0800. The fraction of sp³-hybridized carbons (Fsp3) is 1.00. The zero-order chi connectivity index (χ0) is 11.3. The first-order chi connectivity index (χ1) is 7.17. The molecular formula is C13H27NO. The highest BCUT2D eigenvalue weighted by molar-refractivity contribution is 4.80. The Labute approximate surface area is 94.5 Å². The van der Waals surface area contributed by atoms with Crippen molar-refractivity contribution in [1.82, 2.24) is 5.32 Å². The lowest BCUT2D eigenvalue weighted by molar-refractivity contribution is 0.0983. The highest BCUT2D eigenvalue weighted by Crippen LogP contribution is 2.24. The number of hydrogen-bond acceptors (Lipinski definition) is 2. The van der Waals surface area contributed by atoms with Crippen LogP contribution in [0.15, 0.2) is 0 Å². The van der Waals surface area contributed by atoms with Crippen LogP contribution in [0.3, 0.4) is 0 Å². The van der Waals surface area contributed by atoms with E-state index in [2.05, 4.69) is 26.1 Å². The second-order valence-corrected chi connectivity index (χ2v) is 5.17. The first kappa shape index (κ1) is 13.0. The van der Waals surface area contributed by atoms with E-state index in [1.54, 1.807) is 0 Å². The van der Waals surface area contributed by atoms with Crippen LogP contribution in [-0.2, 0) is 0 Å². The molecule has 1 aliphatic rings. The molecule has 0 spiro atoms. The van der Waals surface area contributed by atoms with Crippen molar-refractivity contribution in [1.29, 1.82) is 0 Å². The molecule has 0 aliphatic heterocycles. The molecule has 15 heavy (non-hydrogen) atoms. The van der Waals surface area contributed by atoms with E-state index in [9.17, 15) is 5.11 Å². The summed E-state index contributed by atoms with van der Waals surface area (Å²) in [6.45, 7) is 7.42. The highest BCUT2D eigenvalue weighted by Gasteiger charge is 2.22. The Morgan fingerprint density at radius 2 is 1.93 bits per heavy atom. The largest absolute Gasteiger partial charge is 0.392 e. The SMILES string of the molecule is CCC(CC)C(O)CNC1CCC(C)C1. The van der Waals surface area contributed by atoms with Crippen LogP contribution in [0.2, 0.25) is 0 Å². The molecule has 2 nitrogen and oxygen atoms in total. The zero-order valence-electron chi connectivity index (χ0n) is 10.5. The fourth-order valence-corrected chi connectivity index (χ4v) is 2.68. The molecule has 2 heteroatoms. The van der Waals surface area contributed by atoms with E-state index in [1.165, 1.54) is 19.3 Å². The van der Waals surface area contributed by atoms with E-state index in [-0.39, 0.29) is 6.10 Å². The van der Waals surface area contributed by atoms with Crippen LogP contribution >= 0.6 is 0 Å². The summed E-state index contributed by atoms with van der Waals surface area (Å²) in [6, 6.07) is 0.656. The molecule has 0 aromatic rings. The molecular weight excluding hydrogens is 186 g/mol. The predicted octanol–water partition coefficient (Wildman–Crippen LogP) is 2.56. The molecule has 1 aliphatic carbocycles. The normalized spacial score (nSPS) is 28.6. The maximum Gasteiger partial charge on any atom is 0.0692 e. The highest BCUT2D eigenvalue weighted by atomic mass is 16.3. The molecule has 3 atom stereocenters. The molecule has 0 bridgehead atoms. The van der Waals surface area contributed by atoms with Gasteiger partial charge in [0.2, 0.25) is 0 Å². The summed E-state index contributed by atoms with van der Waals surface area (Å²) in [7, 11) is 0. The van der Waals surface area contributed by atoms with Crippen molar-refractivity contribution in [2.24, 2.45) is 11.8 Å². The standard InChI is InChI=1S/C13H27NO/c1-4-11(5-2)13(15)9-14-12-7-6-10(3)8-12/h10-15H,4-9H2,1-3H3. The van der Waals surface area contributed by atoms with E-state index in [4.69, 9.17) is 0 Å². The van der Waals surface area contributed by atoms with E-state index in [1.807, 2.05) is 0 Å². The lowest BCUT2D eigenvalue weighted by Gasteiger charge is -2.22. The lowest BCUT2D eigenvalue weighted by Crippen LogP contribution is -2.37. The van der Waals surface area contributed by atoms with Crippen molar-refractivity contribution >= 4 is 0 Å². The van der Waals surface area contributed by atoms with Gasteiger partial charge in [0.1, 0.15) is 0 Å². The molecule has 1 fully saturated rings. The first-order valence-electron chi connectivity index (χ1n) is 6.58. The van der Waals surface area contributed by atoms with Crippen LogP contribution in [0.4, 0.5) is 0 Å². The van der Waals surface area contributed by atoms with Crippen LogP contribution < -0.4 is 5.32 Å². The van der Waals surface area contributed by atoms with Crippen LogP contribution in [0.25, 0.3) is 0 Å². The second kappa shape index (κ2) is 6.49. The van der Waals surface area contributed by atoms with Gasteiger partial charge in [-0.15, -0.1) is 0 Å². The van der Waals surface area contributed by atoms with Gasteiger partial charge in [0, 0.05) is 12.6 Å². The third-order valence-corrected chi connectivity index (χ3v) is 3.90. The van der Waals surface area contributed by atoms with Gasteiger partial charge in [0.05, 0.1) is 6.10 Å². The van der Waals surface area contributed by atoms with E-state index in [0.29, 0.717) is 12.0 Å². The Bertz CT molecular complexity index is 168. The zero-order valence-corrected chi connectivity index (χ0v) is 10.5.